The van der Waals surface area contributed by atoms with Gasteiger partial charge < -0.3 is 24.4 Å². The van der Waals surface area contributed by atoms with Crippen molar-refractivity contribution in [2.24, 2.45) is 0 Å². The van der Waals surface area contributed by atoms with Gasteiger partial charge in [0.2, 0.25) is 0 Å². The SMILES string of the molecule is C#CCN1C(=O)COc2cc(F)c(N3C(=O)C4=C(CCCC4)C3=O)cc21.CCCCCCCCSC(=O)Oc1cc(Cl)nnc1-c1ccccc1.O=C(O)CNCP(=O)(O)O. The molecule has 6 rings (SSSR count). The number of aliphatic carboxylic acids is 1. The van der Waals surface area contributed by atoms with Gasteiger partial charge in [-0.1, -0.05) is 86.9 Å². The number of aromatic nitrogens is 2. The molecule has 3 aromatic rings. The number of unbranched alkanes of at least 4 members (excludes halogenated alkanes) is 5. The summed E-state index contributed by atoms with van der Waals surface area (Å²) in [5.41, 5.74) is 2.33. The Bertz CT molecular complexity index is 2170. The lowest BCUT2D eigenvalue weighted by Crippen LogP contribution is -2.39. The molecule has 1 aromatic heterocycles. The second-order valence-electron chi connectivity index (χ2n) is 13.7. The summed E-state index contributed by atoms with van der Waals surface area (Å²) in [5.74, 6) is 0.362. The standard InChI is InChI=1S/C19H23ClN2O2S.C19H15FN2O4.C3H8NO5P/c1-2-3-4-5-6-10-13-25-19(23)24-16-14-17(20)21-22-18(16)15-11-8-7-9-12-15;1-2-7-21-15-9-14(13(20)8-16(15)26-10-17(21)23)22-18(24)11-5-3-4-6-12(11)19(22)25;5-3(6)1-4-2-10(7,8)9/h7-9,11-12,14H,2-6,10,13H2,1H3;1,8-9H,3-7,10H2;4H,1-2H2,(H,5,6)(H2,7,8,9). The third kappa shape index (κ3) is 14.5. The number of imide groups is 1. The first kappa shape index (κ1) is 48.5. The number of anilines is 2. The number of hydrogen-bond acceptors (Lipinski definition) is 12. The van der Waals surface area contributed by atoms with E-state index in [0.717, 1.165) is 48.0 Å². The number of thioether (sulfide) groups is 1. The van der Waals surface area contributed by atoms with Crippen molar-refractivity contribution in [3.8, 4) is 35.1 Å². The van der Waals surface area contributed by atoms with Crippen LogP contribution in [0.4, 0.5) is 20.6 Å². The molecule has 20 heteroatoms. The highest BCUT2D eigenvalue weighted by molar-refractivity contribution is 8.13. The number of ether oxygens (including phenoxy) is 2. The van der Waals surface area contributed by atoms with Gasteiger partial charge in [0, 0.05) is 34.6 Å². The highest BCUT2D eigenvalue weighted by Gasteiger charge is 2.41. The monoisotopic (exact) mass is 901 g/mol. The molecule has 0 saturated heterocycles. The molecule has 0 saturated carbocycles. The van der Waals surface area contributed by atoms with Gasteiger partial charge in [0.25, 0.3) is 17.7 Å². The van der Waals surface area contributed by atoms with E-state index >= 15 is 0 Å². The number of nitrogens with zero attached hydrogens (tertiary/aromatic N) is 4. The Labute approximate surface area is 361 Å². The van der Waals surface area contributed by atoms with E-state index in [1.165, 1.54) is 54.5 Å². The Hall–Kier alpha value is -5.15. The Morgan fingerprint density at radius 3 is 2.28 bits per heavy atom. The van der Waals surface area contributed by atoms with E-state index in [-0.39, 0.29) is 46.6 Å². The minimum atomic E-state index is -4.10. The number of carbonyl (C=O) groups is 5. The highest BCUT2D eigenvalue weighted by atomic mass is 35.5. The topological polar surface area (TPSA) is 226 Å². The van der Waals surface area contributed by atoms with Crippen molar-refractivity contribution >= 4 is 71.3 Å². The summed E-state index contributed by atoms with van der Waals surface area (Å²) in [4.78, 5) is 77.8. The summed E-state index contributed by atoms with van der Waals surface area (Å²) >= 11 is 7.10. The molecule has 3 aliphatic rings. The van der Waals surface area contributed by atoms with Crippen LogP contribution in [-0.2, 0) is 23.7 Å². The van der Waals surface area contributed by atoms with Crippen LogP contribution in [0.2, 0.25) is 5.15 Å². The summed E-state index contributed by atoms with van der Waals surface area (Å²) < 4.78 is 35.5. The molecule has 1 aliphatic carbocycles. The summed E-state index contributed by atoms with van der Waals surface area (Å²) in [5, 5.41) is 17.8. The fourth-order valence-corrected chi connectivity index (χ4v) is 7.50. The molecule has 2 aliphatic heterocycles. The number of benzene rings is 2. The summed E-state index contributed by atoms with van der Waals surface area (Å²) in [7, 11) is -4.10. The summed E-state index contributed by atoms with van der Waals surface area (Å²) in [6.45, 7) is 1.50. The second-order valence-corrected chi connectivity index (χ2v) is 16.8. The molecule has 3 amide bonds. The van der Waals surface area contributed by atoms with Crippen LogP contribution in [0, 0.1) is 18.2 Å². The minimum Gasteiger partial charge on any atom is -0.481 e. The quantitative estimate of drug-likeness (QED) is 0.0392. The van der Waals surface area contributed by atoms with Gasteiger partial charge in [0.05, 0.1) is 30.8 Å². The molecule has 61 heavy (non-hydrogen) atoms. The predicted octanol–water partition coefficient (Wildman–Crippen LogP) is 7.11. The van der Waals surface area contributed by atoms with Crippen LogP contribution in [0.1, 0.15) is 71.1 Å². The number of rotatable bonds is 15. The van der Waals surface area contributed by atoms with Gasteiger partial charge in [-0.2, -0.15) is 0 Å². The van der Waals surface area contributed by atoms with Crippen LogP contribution in [0.25, 0.3) is 11.3 Å². The number of carboxylic acid groups (broad SMARTS) is 1. The normalized spacial score (nSPS) is 14.5. The van der Waals surface area contributed by atoms with E-state index in [9.17, 15) is 32.9 Å². The van der Waals surface area contributed by atoms with E-state index in [1.54, 1.807) is 0 Å². The van der Waals surface area contributed by atoms with E-state index in [2.05, 4.69) is 28.4 Å². The highest BCUT2D eigenvalue weighted by Crippen LogP contribution is 2.42. The van der Waals surface area contributed by atoms with Gasteiger partial charge in [-0.15, -0.1) is 16.6 Å². The number of halogens is 2. The smallest absolute Gasteiger partial charge is 0.372 e. The van der Waals surface area contributed by atoms with Crippen LogP contribution in [0.3, 0.4) is 0 Å². The predicted molar refractivity (Wildman–Crippen MR) is 228 cm³/mol. The molecule has 16 nitrogen and oxygen atoms in total. The Balaban J connectivity index is 0.000000221. The van der Waals surface area contributed by atoms with Gasteiger partial charge in [0.15, 0.2) is 23.3 Å². The molecule has 3 heterocycles. The number of nitrogens with one attached hydrogen (secondary N) is 1. The maximum absolute atomic E-state index is 14.7. The van der Waals surface area contributed by atoms with E-state index in [4.69, 9.17) is 42.4 Å². The molecule has 0 bridgehead atoms. The van der Waals surface area contributed by atoms with Crippen LogP contribution < -0.4 is 24.6 Å². The largest absolute Gasteiger partial charge is 0.481 e. The molecule has 0 spiro atoms. The lowest BCUT2D eigenvalue weighted by molar-refractivity contribution is -0.136. The van der Waals surface area contributed by atoms with Gasteiger partial charge in [0.1, 0.15) is 11.4 Å². The number of carbonyl (C=O) groups excluding carboxylic acids is 4. The lowest BCUT2D eigenvalue weighted by atomic mass is 9.93. The van der Waals surface area contributed by atoms with Gasteiger partial charge in [-0.05, 0) is 49.9 Å². The zero-order valence-corrected chi connectivity index (χ0v) is 35.8. The Morgan fingerprint density at radius 2 is 1.66 bits per heavy atom. The first-order valence-corrected chi connectivity index (χ1v) is 22.5. The molecular weight excluding hydrogens is 856 g/mol. The first-order chi connectivity index (χ1) is 29.1. The fraction of sp³-hybridized carbons (Fsp3) is 0.390. The third-order valence-corrected chi connectivity index (χ3v) is 10.8. The van der Waals surface area contributed by atoms with Crippen LogP contribution >= 0.6 is 31.0 Å². The second kappa shape index (κ2) is 23.7. The number of fused-ring (bicyclic) bond motifs is 1. The van der Waals surface area contributed by atoms with Crippen molar-refractivity contribution in [2.75, 3.05) is 41.5 Å². The molecule has 0 unspecified atom stereocenters. The van der Waals surface area contributed by atoms with Crippen LogP contribution in [0.5, 0.6) is 11.5 Å². The number of amides is 3. The Morgan fingerprint density at radius 1 is 1.00 bits per heavy atom. The van der Waals surface area contributed by atoms with Gasteiger partial charge in [-0.25, -0.2) is 14.1 Å². The third-order valence-electron chi connectivity index (χ3n) is 9.13. The zero-order chi connectivity index (χ0) is 44.5. The maximum atomic E-state index is 14.7. The molecule has 0 radical (unpaired) electrons. The van der Waals surface area contributed by atoms with Crippen molar-refractivity contribution in [2.45, 2.75) is 71.1 Å². The zero-order valence-electron chi connectivity index (χ0n) is 33.3. The van der Waals surface area contributed by atoms with Crippen molar-refractivity contribution in [1.29, 1.82) is 0 Å². The minimum absolute atomic E-state index is 0.0170. The average molecular weight is 902 g/mol. The molecule has 2 aromatic carbocycles. The van der Waals surface area contributed by atoms with Crippen molar-refractivity contribution in [3.63, 3.8) is 0 Å². The van der Waals surface area contributed by atoms with Crippen molar-refractivity contribution < 1.29 is 57.3 Å². The maximum Gasteiger partial charge on any atom is 0.372 e. The fourth-order valence-electron chi connectivity index (χ4n) is 6.30. The first-order valence-electron chi connectivity index (χ1n) is 19.4. The molecule has 4 N–H and O–H groups in total. The van der Waals surface area contributed by atoms with E-state index < -0.39 is 44.0 Å². The van der Waals surface area contributed by atoms with Crippen molar-refractivity contribution in [1.82, 2.24) is 15.5 Å². The van der Waals surface area contributed by atoms with Crippen LogP contribution in [0.15, 0.2) is 59.7 Å². The average Bonchev–Trinajstić information content (AvgIpc) is 3.47. The van der Waals surface area contributed by atoms with Crippen LogP contribution in [-0.4, -0.2) is 85.8 Å². The Kier molecular flexibility index (Phi) is 18.9. The lowest BCUT2D eigenvalue weighted by Gasteiger charge is -2.29. The van der Waals surface area contributed by atoms with Crippen molar-refractivity contribution in [3.05, 3.63) is 70.6 Å². The summed E-state index contributed by atoms with van der Waals surface area (Å²) in [6, 6.07) is 13.4. The number of terminal acetylenes is 1. The van der Waals surface area contributed by atoms with Gasteiger partial charge >= 0.3 is 18.9 Å². The van der Waals surface area contributed by atoms with E-state index in [1.807, 2.05) is 30.3 Å². The molecule has 0 fully saturated rings. The molecule has 326 valence electrons. The summed E-state index contributed by atoms with van der Waals surface area (Å²) in [6.07, 6.45) is 14.6. The van der Waals surface area contributed by atoms with E-state index in [0.29, 0.717) is 35.4 Å². The number of carboxylic acids is 1. The number of hydrogen-bond donors (Lipinski definition) is 4. The van der Waals surface area contributed by atoms with Gasteiger partial charge in [-0.3, -0.25) is 34.0 Å². The molecule has 0 atom stereocenters. The molecular formula is C41H46ClFN5O11PS.